The number of fused-ring (bicyclic) bond motifs is 1. The lowest BCUT2D eigenvalue weighted by Crippen LogP contribution is -2.12. The third-order valence-corrected chi connectivity index (χ3v) is 2.51. The van der Waals surface area contributed by atoms with Crippen molar-refractivity contribution in [2.45, 2.75) is 6.18 Å². The van der Waals surface area contributed by atoms with Gasteiger partial charge in [0.25, 0.3) is 0 Å². The van der Waals surface area contributed by atoms with E-state index in [1.54, 1.807) is 0 Å². The van der Waals surface area contributed by atoms with Gasteiger partial charge >= 0.3 is 11.9 Å². The molecular formula is C11H6F3NO5. The van der Waals surface area contributed by atoms with Crippen LogP contribution in [0.4, 0.5) is 18.9 Å². The number of hydrogen-bond donors (Lipinski definition) is 0. The average Bonchev–Trinajstić information content (AvgIpc) is 2.35. The van der Waals surface area contributed by atoms with Gasteiger partial charge in [0.1, 0.15) is 11.0 Å². The molecule has 1 aromatic heterocycles. The first-order chi connectivity index (χ1) is 9.25. The zero-order valence-corrected chi connectivity index (χ0v) is 9.85. The molecule has 6 nitrogen and oxygen atoms in total. The maximum absolute atomic E-state index is 12.5. The number of alkyl halides is 3. The third kappa shape index (κ3) is 2.17. The summed E-state index contributed by atoms with van der Waals surface area (Å²) in [5.41, 5.74) is -2.42. The zero-order valence-electron chi connectivity index (χ0n) is 9.85. The number of methoxy groups -OCH3 is 1. The first-order valence-electron chi connectivity index (χ1n) is 5.12. The highest BCUT2D eigenvalue weighted by atomic mass is 19.4. The Hall–Kier alpha value is -2.58. The highest BCUT2D eigenvalue weighted by Gasteiger charge is 2.36. The first-order valence-corrected chi connectivity index (χ1v) is 5.12. The third-order valence-electron chi connectivity index (χ3n) is 2.51. The van der Waals surface area contributed by atoms with Crippen molar-refractivity contribution in [3.05, 3.63) is 44.3 Å². The Bertz CT molecular complexity index is 750. The summed E-state index contributed by atoms with van der Waals surface area (Å²) in [5, 5.41) is 10.4. The molecule has 0 radical (unpaired) electrons. The van der Waals surface area contributed by atoms with Crippen LogP contribution < -0.4 is 10.2 Å². The van der Waals surface area contributed by atoms with Gasteiger partial charge in [-0.2, -0.15) is 13.2 Å². The smallest absolute Gasteiger partial charge is 0.449 e. The van der Waals surface area contributed by atoms with Gasteiger partial charge in [-0.3, -0.25) is 14.9 Å². The van der Waals surface area contributed by atoms with E-state index in [0.29, 0.717) is 0 Å². The van der Waals surface area contributed by atoms with Crippen LogP contribution in [0.1, 0.15) is 5.76 Å². The minimum atomic E-state index is -4.86. The Balaban J connectivity index is 2.91. The highest BCUT2D eigenvalue weighted by molar-refractivity contribution is 5.89. The van der Waals surface area contributed by atoms with Crippen LogP contribution in [-0.4, -0.2) is 12.0 Å². The Morgan fingerprint density at radius 1 is 1.35 bits per heavy atom. The molecule has 0 saturated carbocycles. The summed E-state index contributed by atoms with van der Waals surface area (Å²) >= 11 is 0. The van der Waals surface area contributed by atoms with Crippen LogP contribution in [0.15, 0.2) is 27.4 Å². The summed E-state index contributed by atoms with van der Waals surface area (Å²) in [6.07, 6.45) is -4.86. The predicted octanol–water partition coefficient (Wildman–Crippen LogP) is 2.73. The minimum absolute atomic E-state index is 0.175. The lowest BCUT2D eigenvalue weighted by atomic mass is 10.1. The molecule has 0 atom stereocenters. The molecule has 0 N–H and O–H groups in total. The van der Waals surface area contributed by atoms with Gasteiger partial charge in [-0.25, -0.2) is 0 Å². The second kappa shape index (κ2) is 4.51. The van der Waals surface area contributed by atoms with Crippen molar-refractivity contribution in [1.82, 2.24) is 0 Å². The topological polar surface area (TPSA) is 82.6 Å². The molecule has 0 unspecified atom stereocenters. The van der Waals surface area contributed by atoms with Crippen LogP contribution in [0, 0.1) is 10.1 Å². The van der Waals surface area contributed by atoms with Crippen LogP contribution in [0.2, 0.25) is 0 Å². The van der Waals surface area contributed by atoms with Crippen LogP contribution in [0.25, 0.3) is 11.0 Å². The van der Waals surface area contributed by atoms with E-state index < -0.39 is 38.9 Å². The monoisotopic (exact) mass is 289 g/mol. The summed E-state index contributed by atoms with van der Waals surface area (Å²) < 4.78 is 46.8. The molecule has 9 heteroatoms. The van der Waals surface area contributed by atoms with Crippen molar-refractivity contribution < 1.29 is 27.2 Å². The van der Waals surface area contributed by atoms with E-state index in [0.717, 1.165) is 19.2 Å². The molecule has 0 aliphatic heterocycles. The van der Waals surface area contributed by atoms with Gasteiger partial charge in [-0.05, 0) is 12.1 Å². The molecule has 2 rings (SSSR count). The van der Waals surface area contributed by atoms with Gasteiger partial charge in [0, 0.05) is 6.07 Å². The van der Waals surface area contributed by atoms with E-state index in [2.05, 4.69) is 4.42 Å². The molecule has 0 aliphatic carbocycles. The van der Waals surface area contributed by atoms with Crippen LogP contribution in [0.3, 0.4) is 0 Å². The second-order valence-corrected chi connectivity index (χ2v) is 3.72. The minimum Gasteiger partial charge on any atom is -0.490 e. The Kier molecular flexibility index (Phi) is 3.12. The number of nitro groups is 1. The molecular weight excluding hydrogens is 283 g/mol. The number of benzene rings is 1. The number of hydrogen-bond acceptors (Lipinski definition) is 5. The van der Waals surface area contributed by atoms with Crippen molar-refractivity contribution >= 4 is 16.7 Å². The van der Waals surface area contributed by atoms with Gasteiger partial charge in [-0.1, -0.05) is 0 Å². The quantitative estimate of drug-likeness (QED) is 0.627. The number of halogens is 3. The van der Waals surface area contributed by atoms with Crippen LogP contribution in [0.5, 0.6) is 5.75 Å². The number of ether oxygens (including phenoxy) is 1. The molecule has 1 aromatic carbocycles. The van der Waals surface area contributed by atoms with Gasteiger partial charge in [0.2, 0.25) is 5.76 Å². The summed E-state index contributed by atoms with van der Waals surface area (Å²) in [6, 6.07) is 2.25. The Morgan fingerprint density at radius 2 is 2.00 bits per heavy atom. The fourth-order valence-electron chi connectivity index (χ4n) is 1.70. The molecule has 0 aliphatic rings. The lowest BCUT2D eigenvalue weighted by molar-refractivity contribution is -0.384. The van der Waals surface area contributed by atoms with Gasteiger partial charge in [-0.15, -0.1) is 0 Å². The maximum atomic E-state index is 12.5. The van der Waals surface area contributed by atoms with E-state index in [1.165, 1.54) is 0 Å². The summed E-state index contributed by atoms with van der Waals surface area (Å²) in [7, 11) is 1.14. The second-order valence-electron chi connectivity index (χ2n) is 3.72. The lowest BCUT2D eigenvalue weighted by Gasteiger charge is -2.07. The van der Waals surface area contributed by atoms with Gasteiger partial charge in [0.15, 0.2) is 11.2 Å². The van der Waals surface area contributed by atoms with Crippen molar-refractivity contribution in [2.24, 2.45) is 0 Å². The molecule has 20 heavy (non-hydrogen) atoms. The zero-order chi connectivity index (χ0) is 15.1. The fourth-order valence-corrected chi connectivity index (χ4v) is 1.70. The van der Waals surface area contributed by atoms with Gasteiger partial charge < -0.3 is 9.15 Å². The predicted molar refractivity (Wildman–Crippen MR) is 60.7 cm³/mol. The van der Waals surface area contributed by atoms with E-state index in [1.807, 2.05) is 0 Å². The van der Waals surface area contributed by atoms with Crippen LogP contribution in [-0.2, 0) is 6.18 Å². The van der Waals surface area contributed by atoms with Gasteiger partial charge in [0.05, 0.1) is 12.0 Å². The molecule has 1 heterocycles. The van der Waals surface area contributed by atoms with E-state index >= 15 is 0 Å². The molecule has 2 aromatic rings. The normalized spacial score (nSPS) is 11.6. The maximum Gasteiger partial charge on any atom is 0.449 e. The van der Waals surface area contributed by atoms with Crippen molar-refractivity contribution in [2.75, 3.05) is 7.11 Å². The van der Waals surface area contributed by atoms with E-state index in [4.69, 9.17) is 4.74 Å². The van der Waals surface area contributed by atoms with E-state index in [9.17, 15) is 28.1 Å². The van der Waals surface area contributed by atoms with Crippen molar-refractivity contribution in [3.63, 3.8) is 0 Å². The van der Waals surface area contributed by atoms with Crippen LogP contribution >= 0.6 is 0 Å². The average molecular weight is 289 g/mol. The summed E-state index contributed by atoms with van der Waals surface area (Å²) in [4.78, 5) is 21.8. The number of rotatable bonds is 2. The molecule has 0 saturated heterocycles. The Morgan fingerprint density at radius 3 is 2.50 bits per heavy atom. The standard InChI is InChI=1S/C11H6F3NO5/c1-19-7-3-2-6-9(10(7)15(17)18)5(16)4-8(20-6)11(12,13)14/h2-4H,1H3. The number of nitrogens with zero attached hydrogens (tertiary/aromatic N) is 1. The van der Waals surface area contributed by atoms with Crippen molar-refractivity contribution in [3.8, 4) is 5.75 Å². The van der Waals surface area contributed by atoms with E-state index in [-0.39, 0.29) is 11.8 Å². The largest absolute Gasteiger partial charge is 0.490 e. The summed E-state index contributed by atoms with van der Waals surface area (Å²) in [5.74, 6) is -1.76. The molecule has 0 spiro atoms. The molecule has 0 bridgehead atoms. The SMILES string of the molecule is COc1ccc2oc(C(F)(F)F)cc(=O)c2c1[N+](=O)[O-]. The first kappa shape index (κ1) is 13.8. The van der Waals surface area contributed by atoms with Crippen molar-refractivity contribution in [1.29, 1.82) is 0 Å². The fraction of sp³-hybridized carbons (Fsp3) is 0.182. The molecule has 0 fully saturated rings. The molecule has 106 valence electrons. The molecule has 0 amide bonds. The summed E-state index contributed by atoms with van der Waals surface area (Å²) in [6.45, 7) is 0. The highest BCUT2D eigenvalue weighted by Crippen LogP contribution is 2.36. The Labute approximate surface area is 108 Å². The number of nitro benzene ring substituents is 1.